The maximum absolute atomic E-state index is 6.80. The largest absolute Gasteiger partial charge is 0.481 e. The summed E-state index contributed by atoms with van der Waals surface area (Å²) in [4.78, 5) is 10.6. The van der Waals surface area contributed by atoms with Crippen molar-refractivity contribution in [3.05, 3.63) is 76.3 Å². The molecule has 0 radical (unpaired) electrons. The molecular formula is C24H25N3OS. The number of pyridine rings is 1. The maximum atomic E-state index is 6.80. The average Bonchev–Trinajstić information content (AvgIpc) is 3.07. The molecule has 2 aromatic heterocycles. The Kier molecular flexibility index (Phi) is 5.11. The lowest BCUT2D eigenvalue weighted by atomic mass is 9.88. The van der Waals surface area contributed by atoms with Crippen molar-refractivity contribution in [1.29, 1.82) is 0 Å². The number of ether oxygens (including phenoxy) is 1. The second-order valence-corrected chi connectivity index (χ2v) is 8.79. The molecule has 29 heavy (non-hydrogen) atoms. The Labute approximate surface area is 175 Å². The zero-order valence-corrected chi connectivity index (χ0v) is 18.0. The minimum absolute atomic E-state index is 0.529. The molecule has 0 bridgehead atoms. The second-order valence-electron chi connectivity index (χ2n) is 7.71. The van der Waals surface area contributed by atoms with Crippen LogP contribution in [0.15, 0.2) is 54.6 Å². The zero-order valence-electron chi connectivity index (χ0n) is 17.2. The first-order valence-electron chi connectivity index (χ1n) is 9.64. The van der Waals surface area contributed by atoms with Gasteiger partial charge >= 0.3 is 0 Å². The van der Waals surface area contributed by atoms with Crippen molar-refractivity contribution in [1.82, 2.24) is 9.97 Å². The Bertz CT molecular complexity index is 1170. The Hall–Kier alpha value is -2.76. The molecule has 148 valence electrons. The van der Waals surface area contributed by atoms with E-state index in [-0.39, 0.29) is 0 Å². The number of aromatic nitrogens is 2. The van der Waals surface area contributed by atoms with E-state index in [1.807, 2.05) is 25.1 Å². The number of aryl methyl sites for hydroxylation is 2. The lowest BCUT2D eigenvalue weighted by molar-refractivity contribution is 0.396. The van der Waals surface area contributed by atoms with Crippen LogP contribution in [0.4, 0.5) is 0 Å². The van der Waals surface area contributed by atoms with Gasteiger partial charge in [0.25, 0.3) is 0 Å². The SMILES string of the molecule is COc1nc2cc(C(C)(N)Cc3sc(-c4ccccc4)nc3C)ccc2cc1C. The van der Waals surface area contributed by atoms with E-state index < -0.39 is 5.54 Å². The van der Waals surface area contributed by atoms with Crippen LogP contribution in [-0.4, -0.2) is 17.1 Å². The minimum atomic E-state index is -0.529. The molecule has 0 saturated carbocycles. The third-order valence-electron chi connectivity index (χ3n) is 5.26. The summed E-state index contributed by atoms with van der Waals surface area (Å²) < 4.78 is 5.39. The van der Waals surface area contributed by atoms with Gasteiger partial charge in [-0.1, -0.05) is 42.5 Å². The van der Waals surface area contributed by atoms with Crippen LogP contribution in [0.3, 0.4) is 0 Å². The van der Waals surface area contributed by atoms with Crippen molar-refractivity contribution in [2.24, 2.45) is 5.73 Å². The van der Waals surface area contributed by atoms with Gasteiger partial charge in [-0.05, 0) is 38.5 Å². The van der Waals surface area contributed by atoms with Crippen molar-refractivity contribution < 1.29 is 4.74 Å². The Morgan fingerprint density at radius 2 is 1.79 bits per heavy atom. The third kappa shape index (κ3) is 3.88. The zero-order chi connectivity index (χ0) is 20.6. The van der Waals surface area contributed by atoms with E-state index in [0.717, 1.165) is 44.7 Å². The number of nitrogens with two attached hydrogens (primary N) is 1. The highest BCUT2D eigenvalue weighted by Crippen LogP contribution is 2.33. The average molecular weight is 404 g/mol. The summed E-state index contributed by atoms with van der Waals surface area (Å²) in [6, 6.07) is 18.6. The monoisotopic (exact) mass is 403 g/mol. The molecule has 0 saturated heterocycles. The topological polar surface area (TPSA) is 61.0 Å². The molecule has 0 aliphatic heterocycles. The number of hydrogen-bond donors (Lipinski definition) is 1. The molecule has 4 aromatic rings. The molecule has 4 rings (SSSR count). The van der Waals surface area contributed by atoms with E-state index >= 15 is 0 Å². The molecule has 0 aliphatic carbocycles. The first kappa shape index (κ1) is 19.6. The normalized spacial score (nSPS) is 13.4. The van der Waals surface area contributed by atoms with Gasteiger partial charge in [-0.2, -0.15) is 0 Å². The molecule has 4 nitrogen and oxygen atoms in total. The number of methoxy groups -OCH3 is 1. The molecule has 1 atom stereocenters. The summed E-state index contributed by atoms with van der Waals surface area (Å²) in [5, 5.41) is 2.12. The number of nitrogens with zero attached hydrogens (tertiary/aromatic N) is 2. The standard InChI is InChI=1S/C24H25N3OS/c1-15-12-18-10-11-19(13-20(18)27-22(15)28-4)24(3,25)14-21-16(2)26-23(29-21)17-8-6-5-7-9-17/h5-13H,14,25H2,1-4H3. The highest BCUT2D eigenvalue weighted by atomic mass is 32.1. The van der Waals surface area contributed by atoms with Crippen molar-refractivity contribution in [3.8, 4) is 16.5 Å². The van der Waals surface area contributed by atoms with Crippen molar-refractivity contribution in [3.63, 3.8) is 0 Å². The van der Waals surface area contributed by atoms with Crippen LogP contribution < -0.4 is 10.5 Å². The Morgan fingerprint density at radius 3 is 2.52 bits per heavy atom. The van der Waals surface area contributed by atoms with Gasteiger partial charge in [0.05, 0.1) is 18.3 Å². The molecule has 2 N–H and O–H groups in total. The summed E-state index contributed by atoms with van der Waals surface area (Å²) in [7, 11) is 1.65. The molecular weight excluding hydrogens is 378 g/mol. The Balaban J connectivity index is 1.67. The summed E-state index contributed by atoms with van der Waals surface area (Å²) in [5.74, 6) is 0.652. The van der Waals surface area contributed by atoms with Crippen molar-refractivity contribution >= 4 is 22.2 Å². The van der Waals surface area contributed by atoms with Crippen molar-refractivity contribution in [2.45, 2.75) is 32.7 Å². The van der Waals surface area contributed by atoms with Gasteiger partial charge in [-0.25, -0.2) is 9.97 Å². The van der Waals surface area contributed by atoms with Crippen LogP contribution in [0.2, 0.25) is 0 Å². The highest BCUT2D eigenvalue weighted by Gasteiger charge is 2.25. The fraction of sp³-hybridized carbons (Fsp3) is 0.250. The fourth-order valence-corrected chi connectivity index (χ4v) is 4.78. The maximum Gasteiger partial charge on any atom is 0.216 e. The molecule has 2 heterocycles. The second kappa shape index (κ2) is 7.58. The van der Waals surface area contributed by atoms with E-state index in [1.54, 1.807) is 18.4 Å². The van der Waals surface area contributed by atoms with E-state index in [4.69, 9.17) is 15.5 Å². The lowest BCUT2D eigenvalue weighted by Gasteiger charge is -2.25. The van der Waals surface area contributed by atoms with Gasteiger partial charge in [-0.3, -0.25) is 0 Å². The number of fused-ring (bicyclic) bond motifs is 1. The van der Waals surface area contributed by atoms with Crippen LogP contribution in [0, 0.1) is 13.8 Å². The van der Waals surface area contributed by atoms with Crippen LogP contribution in [0.1, 0.15) is 28.6 Å². The van der Waals surface area contributed by atoms with Gasteiger partial charge in [0.15, 0.2) is 0 Å². The van der Waals surface area contributed by atoms with Crippen LogP contribution in [0.5, 0.6) is 5.88 Å². The van der Waals surface area contributed by atoms with Gasteiger partial charge < -0.3 is 10.5 Å². The first-order chi connectivity index (χ1) is 13.9. The molecule has 2 aromatic carbocycles. The smallest absolute Gasteiger partial charge is 0.216 e. The molecule has 0 amide bonds. The molecule has 1 unspecified atom stereocenters. The van der Waals surface area contributed by atoms with E-state index in [2.05, 4.69) is 55.2 Å². The first-order valence-corrected chi connectivity index (χ1v) is 10.5. The minimum Gasteiger partial charge on any atom is -0.481 e. The number of rotatable bonds is 5. The fourth-order valence-electron chi connectivity index (χ4n) is 3.55. The predicted molar refractivity (Wildman–Crippen MR) is 121 cm³/mol. The summed E-state index contributed by atoms with van der Waals surface area (Å²) in [5.41, 5.74) is 11.4. The third-order valence-corrected chi connectivity index (χ3v) is 6.46. The van der Waals surface area contributed by atoms with E-state index in [1.165, 1.54) is 4.88 Å². The van der Waals surface area contributed by atoms with Crippen LogP contribution in [0.25, 0.3) is 21.5 Å². The summed E-state index contributed by atoms with van der Waals surface area (Å²) in [6.07, 6.45) is 0.720. The van der Waals surface area contributed by atoms with E-state index in [9.17, 15) is 0 Å². The summed E-state index contributed by atoms with van der Waals surface area (Å²) >= 11 is 1.72. The molecule has 0 spiro atoms. The Morgan fingerprint density at radius 1 is 1.03 bits per heavy atom. The van der Waals surface area contributed by atoms with Crippen LogP contribution in [-0.2, 0) is 12.0 Å². The van der Waals surface area contributed by atoms with Gasteiger partial charge in [-0.15, -0.1) is 11.3 Å². The quantitative estimate of drug-likeness (QED) is 0.485. The number of benzene rings is 2. The predicted octanol–water partition coefficient (Wildman–Crippen LogP) is 5.40. The van der Waals surface area contributed by atoms with E-state index in [0.29, 0.717) is 5.88 Å². The summed E-state index contributed by atoms with van der Waals surface area (Å²) in [6.45, 7) is 6.13. The van der Waals surface area contributed by atoms with Gasteiger partial charge in [0, 0.05) is 33.4 Å². The van der Waals surface area contributed by atoms with Crippen molar-refractivity contribution in [2.75, 3.05) is 7.11 Å². The highest BCUT2D eigenvalue weighted by molar-refractivity contribution is 7.15. The van der Waals surface area contributed by atoms with Gasteiger partial charge in [0.2, 0.25) is 5.88 Å². The van der Waals surface area contributed by atoms with Gasteiger partial charge in [0.1, 0.15) is 5.01 Å². The molecule has 0 fully saturated rings. The molecule has 0 aliphatic rings. The number of hydrogen-bond acceptors (Lipinski definition) is 5. The molecule has 5 heteroatoms. The lowest BCUT2D eigenvalue weighted by Crippen LogP contribution is -2.35. The van der Waals surface area contributed by atoms with Crippen LogP contribution >= 0.6 is 11.3 Å². The number of thiazole rings is 1.